The third kappa shape index (κ3) is 3.55. The van der Waals surface area contributed by atoms with Gasteiger partial charge in [0.05, 0.1) is 17.7 Å². The van der Waals surface area contributed by atoms with Crippen molar-refractivity contribution in [2.75, 3.05) is 19.6 Å². The number of pyridine rings is 1. The topological polar surface area (TPSA) is 77.5 Å². The Morgan fingerprint density at radius 3 is 2.91 bits per heavy atom. The van der Waals surface area contributed by atoms with Crippen molar-refractivity contribution < 1.29 is 9.13 Å². The first kappa shape index (κ1) is 21.2. The lowest BCUT2D eigenvalue weighted by Crippen LogP contribution is -2.64. The van der Waals surface area contributed by atoms with E-state index < -0.39 is 0 Å². The molecule has 34 heavy (non-hydrogen) atoms. The summed E-state index contributed by atoms with van der Waals surface area (Å²) in [6.07, 6.45) is 8.50. The molecule has 9 heteroatoms. The third-order valence-corrected chi connectivity index (χ3v) is 7.40. The van der Waals surface area contributed by atoms with Crippen LogP contribution in [-0.4, -0.2) is 55.0 Å². The summed E-state index contributed by atoms with van der Waals surface area (Å²) in [5, 5.41) is 13.5. The minimum atomic E-state index is -0.206. The average molecular weight is 463 g/mol. The molecule has 0 radical (unpaired) electrons. The van der Waals surface area contributed by atoms with Gasteiger partial charge in [0.2, 0.25) is 0 Å². The Morgan fingerprint density at radius 1 is 1.26 bits per heavy atom. The summed E-state index contributed by atoms with van der Waals surface area (Å²) in [5.41, 5.74) is 2.55. The second kappa shape index (κ2) is 7.87. The number of hydrogen-bond acceptors (Lipinski definition) is 6. The van der Waals surface area contributed by atoms with E-state index in [-0.39, 0.29) is 17.5 Å². The first-order valence-corrected chi connectivity index (χ1v) is 11.7. The molecule has 4 aromatic rings. The Hall–Kier alpha value is -3.33. The molecule has 3 aromatic heterocycles. The maximum absolute atomic E-state index is 14.3. The molecule has 6 rings (SSSR count). The van der Waals surface area contributed by atoms with E-state index in [1.165, 1.54) is 17.2 Å². The highest BCUT2D eigenvalue weighted by Crippen LogP contribution is 2.50. The first-order chi connectivity index (χ1) is 16.4. The van der Waals surface area contributed by atoms with Crippen molar-refractivity contribution in [2.24, 2.45) is 12.5 Å². The van der Waals surface area contributed by atoms with E-state index in [0.717, 1.165) is 55.6 Å². The molecule has 0 unspecified atom stereocenters. The fraction of sp³-hybridized carbons (Fsp3) is 0.440. The van der Waals surface area contributed by atoms with E-state index in [1.807, 2.05) is 19.1 Å². The first-order valence-electron chi connectivity index (χ1n) is 11.7. The molecule has 1 saturated heterocycles. The predicted octanol–water partition coefficient (Wildman–Crippen LogP) is 2.90. The van der Waals surface area contributed by atoms with Crippen molar-refractivity contribution in [1.29, 1.82) is 0 Å². The number of hydrogen-bond donors (Lipinski definition) is 0. The molecule has 2 fully saturated rings. The zero-order chi connectivity index (χ0) is 23.4. The number of ether oxygens (including phenoxy) is 1. The number of halogens is 1. The number of aryl methyl sites for hydroxylation is 3. The molecular weight excluding hydrogens is 435 g/mol. The van der Waals surface area contributed by atoms with Gasteiger partial charge in [-0.3, -0.25) is 9.20 Å². The highest BCUT2D eigenvalue weighted by Gasteiger charge is 2.53. The lowest BCUT2D eigenvalue weighted by molar-refractivity contribution is -0.118. The fourth-order valence-corrected chi connectivity index (χ4v) is 5.64. The van der Waals surface area contributed by atoms with E-state index in [0.29, 0.717) is 28.4 Å². The lowest BCUT2D eigenvalue weighted by Gasteiger charge is -2.58. The van der Waals surface area contributed by atoms with E-state index in [1.54, 1.807) is 23.7 Å². The Labute approximate surface area is 196 Å². The number of aromatic nitrogens is 5. The molecule has 1 aliphatic carbocycles. The second-order valence-electron chi connectivity index (χ2n) is 9.95. The Bertz CT molecular complexity index is 1450. The van der Waals surface area contributed by atoms with Crippen LogP contribution >= 0.6 is 0 Å². The van der Waals surface area contributed by atoms with Crippen LogP contribution in [0.1, 0.15) is 30.4 Å². The zero-order valence-electron chi connectivity index (χ0n) is 19.4. The molecule has 4 heterocycles. The molecule has 176 valence electrons. The van der Waals surface area contributed by atoms with Gasteiger partial charge in [-0.2, -0.15) is 5.10 Å². The maximum Gasteiger partial charge on any atom is 0.274 e. The van der Waals surface area contributed by atoms with E-state index in [9.17, 15) is 9.18 Å². The summed E-state index contributed by atoms with van der Waals surface area (Å²) in [7, 11) is 1.67. The van der Waals surface area contributed by atoms with E-state index in [2.05, 4.69) is 20.2 Å². The summed E-state index contributed by atoms with van der Waals surface area (Å²) < 4.78 is 23.5. The molecule has 0 amide bonds. The molecule has 1 saturated carbocycles. The van der Waals surface area contributed by atoms with Crippen molar-refractivity contribution in [3.8, 4) is 5.75 Å². The highest BCUT2D eigenvalue weighted by atomic mass is 19.1. The molecule has 1 aliphatic heterocycles. The lowest BCUT2D eigenvalue weighted by atomic mass is 9.61. The van der Waals surface area contributed by atoms with Crippen LogP contribution in [0.5, 0.6) is 5.75 Å². The van der Waals surface area contributed by atoms with E-state index in [4.69, 9.17) is 4.74 Å². The third-order valence-electron chi connectivity index (χ3n) is 7.40. The SMILES string of the molecule is Cc1ccc(OC2CC3(C2)CN(CCCc2cc4nncn4cc2F)C3)c2cnn(C)c(=O)c12. The molecule has 8 nitrogen and oxygen atoms in total. The standard InChI is InChI=1S/C25H27FN6O2/c1-16-5-6-21(19-11-28-30(2)24(33)23(16)19)34-18-9-25(10-18)13-31(14-25)7-3-4-17-8-22-29-27-15-32(22)12-20(17)26/h5-6,8,11-12,15,18H,3-4,7,9-10,13-14H2,1-2H3. The van der Waals surface area contributed by atoms with Crippen LogP contribution in [0.2, 0.25) is 0 Å². The van der Waals surface area contributed by atoms with Gasteiger partial charge in [0.15, 0.2) is 5.65 Å². The van der Waals surface area contributed by atoms with Gasteiger partial charge in [-0.1, -0.05) is 6.07 Å². The smallest absolute Gasteiger partial charge is 0.274 e. The zero-order valence-corrected chi connectivity index (χ0v) is 19.4. The van der Waals surface area contributed by atoms with Crippen molar-refractivity contribution >= 4 is 16.4 Å². The minimum Gasteiger partial charge on any atom is -0.490 e. The normalized spacial score (nSPS) is 17.9. The van der Waals surface area contributed by atoms with Crippen LogP contribution in [0.25, 0.3) is 16.4 Å². The number of benzene rings is 1. The number of fused-ring (bicyclic) bond motifs is 2. The summed E-state index contributed by atoms with van der Waals surface area (Å²) in [6, 6.07) is 5.68. The Kier molecular flexibility index (Phi) is 4.91. The Morgan fingerprint density at radius 2 is 2.09 bits per heavy atom. The molecule has 1 spiro atoms. The summed E-state index contributed by atoms with van der Waals surface area (Å²) in [5.74, 6) is 0.538. The van der Waals surface area contributed by atoms with Gasteiger partial charge in [0.1, 0.15) is 17.9 Å². The number of nitrogens with zero attached hydrogens (tertiary/aromatic N) is 6. The molecule has 0 atom stereocenters. The van der Waals surface area contributed by atoms with Gasteiger partial charge < -0.3 is 9.64 Å². The number of rotatable bonds is 6. The second-order valence-corrected chi connectivity index (χ2v) is 9.95. The molecule has 2 aliphatic rings. The highest BCUT2D eigenvalue weighted by molar-refractivity contribution is 5.89. The summed E-state index contributed by atoms with van der Waals surface area (Å²) in [4.78, 5) is 15.0. The monoisotopic (exact) mass is 462 g/mol. The van der Waals surface area contributed by atoms with Gasteiger partial charge in [0, 0.05) is 37.1 Å². The van der Waals surface area contributed by atoms with Crippen LogP contribution in [0.4, 0.5) is 4.39 Å². The molecule has 0 N–H and O–H groups in total. The fourth-order valence-electron chi connectivity index (χ4n) is 5.64. The largest absolute Gasteiger partial charge is 0.490 e. The predicted molar refractivity (Wildman–Crippen MR) is 126 cm³/mol. The minimum absolute atomic E-state index is 0.0959. The van der Waals surface area contributed by atoms with Crippen LogP contribution in [0.15, 0.2) is 41.7 Å². The Balaban J connectivity index is 1.01. The summed E-state index contributed by atoms with van der Waals surface area (Å²) >= 11 is 0. The average Bonchev–Trinajstić information content (AvgIpc) is 3.21. The van der Waals surface area contributed by atoms with Gasteiger partial charge in [-0.05, 0) is 62.4 Å². The van der Waals surface area contributed by atoms with E-state index >= 15 is 0 Å². The van der Waals surface area contributed by atoms with Gasteiger partial charge in [-0.15, -0.1) is 10.2 Å². The van der Waals surface area contributed by atoms with Crippen LogP contribution in [0.3, 0.4) is 0 Å². The van der Waals surface area contributed by atoms with Crippen molar-refractivity contribution in [3.63, 3.8) is 0 Å². The van der Waals surface area contributed by atoms with Gasteiger partial charge in [0.25, 0.3) is 5.56 Å². The quantitative estimate of drug-likeness (QED) is 0.439. The maximum atomic E-state index is 14.3. The summed E-state index contributed by atoms with van der Waals surface area (Å²) in [6.45, 7) is 5.03. The molecular formula is C25H27FN6O2. The van der Waals surface area contributed by atoms with Crippen molar-refractivity contribution in [3.05, 3.63) is 64.2 Å². The van der Waals surface area contributed by atoms with Crippen molar-refractivity contribution in [1.82, 2.24) is 29.3 Å². The molecule has 1 aromatic carbocycles. The number of likely N-dealkylation sites (tertiary alicyclic amines) is 1. The van der Waals surface area contributed by atoms with Gasteiger partial charge >= 0.3 is 0 Å². The van der Waals surface area contributed by atoms with Crippen molar-refractivity contribution in [2.45, 2.75) is 38.7 Å². The van der Waals surface area contributed by atoms with Crippen LogP contribution in [0, 0.1) is 18.2 Å². The van der Waals surface area contributed by atoms with Crippen LogP contribution < -0.4 is 10.3 Å². The van der Waals surface area contributed by atoms with Gasteiger partial charge in [-0.25, -0.2) is 9.07 Å². The molecule has 0 bridgehead atoms. The van der Waals surface area contributed by atoms with Crippen LogP contribution in [-0.2, 0) is 13.5 Å².